The van der Waals surface area contributed by atoms with Crippen molar-refractivity contribution in [2.45, 2.75) is 102 Å². The van der Waals surface area contributed by atoms with Crippen molar-refractivity contribution in [3.63, 3.8) is 0 Å². The lowest BCUT2D eigenvalue weighted by molar-refractivity contribution is -0.143. The molecule has 4 rings (SSSR count). The number of anilines is 1. The average molecular weight is 712 g/mol. The predicted molar refractivity (Wildman–Crippen MR) is 172 cm³/mol. The van der Waals surface area contributed by atoms with Crippen molar-refractivity contribution in [1.29, 1.82) is 0 Å². The van der Waals surface area contributed by atoms with E-state index in [1.165, 1.54) is 6.08 Å². The number of likely N-dealkylation sites (tertiary alicyclic amines) is 1. The van der Waals surface area contributed by atoms with Crippen LogP contribution in [-0.2, 0) is 33.9 Å². The summed E-state index contributed by atoms with van der Waals surface area (Å²) in [5.41, 5.74) is -4.27. The highest BCUT2D eigenvalue weighted by Gasteiger charge is 2.62. The third-order valence-corrected chi connectivity index (χ3v) is 10.2. The summed E-state index contributed by atoms with van der Waals surface area (Å²) < 4.78 is 66.2. The number of ether oxygens (including phenoxy) is 2. The fraction of sp³-hybridized carbons (Fsp3) is 0.594. The molecule has 1 aliphatic heterocycles. The van der Waals surface area contributed by atoms with Crippen LogP contribution in [0.5, 0.6) is 0 Å². The van der Waals surface area contributed by atoms with Gasteiger partial charge in [0.05, 0.1) is 11.8 Å². The van der Waals surface area contributed by atoms with E-state index in [0.29, 0.717) is 12.8 Å². The summed E-state index contributed by atoms with van der Waals surface area (Å²) in [6.07, 6.45) is -1.43. The maximum absolute atomic E-state index is 14.2. The number of para-hydroxylation sites is 1. The third kappa shape index (κ3) is 8.85. The number of rotatable bonds is 10. The number of carbonyl (C=O) groups excluding carboxylic acids is 5. The lowest BCUT2D eigenvalue weighted by Crippen LogP contribution is -2.60. The van der Waals surface area contributed by atoms with Crippen molar-refractivity contribution in [3.8, 4) is 0 Å². The van der Waals surface area contributed by atoms with Gasteiger partial charge in [-0.25, -0.2) is 26.8 Å². The number of carbonyl (C=O) groups is 5. The lowest BCUT2D eigenvalue weighted by Gasteiger charge is -2.36. The molecule has 1 aromatic rings. The molecule has 0 bridgehead atoms. The highest BCUT2D eigenvalue weighted by molar-refractivity contribution is 7.91. The number of sulfonamides is 1. The number of hydrogen-bond acceptors (Lipinski definition) is 9. The first kappa shape index (κ1) is 37.5. The second-order valence-electron chi connectivity index (χ2n) is 14.6. The van der Waals surface area contributed by atoms with E-state index < -0.39 is 103 Å². The second-order valence-corrected chi connectivity index (χ2v) is 16.6. The zero-order valence-electron chi connectivity index (χ0n) is 28.2. The molecular weight excluding hydrogens is 668 g/mol. The molecule has 2 aliphatic carbocycles. The molecule has 3 aliphatic rings. The van der Waals surface area contributed by atoms with E-state index in [0.717, 1.165) is 23.1 Å². The van der Waals surface area contributed by atoms with Gasteiger partial charge < -0.3 is 25.0 Å². The van der Waals surface area contributed by atoms with E-state index in [1.807, 2.05) is 5.32 Å². The van der Waals surface area contributed by atoms with Crippen LogP contribution in [0, 0.1) is 23.0 Å². The number of halogens is 2. The zero-order valence-corrected chi connectivity index (χ0v) is 29.0. The van der Waals surface area contributed by atoms with Gasteiger partial charge in [0.25, 0.3) is 5.91 Å². The van der Waals surface area contributed by atoms with Crippen molar-refractivity contribution in [1.82, 2.24) is 20.3 Å². The van der Waals surface area contributed by atoms with Gasteiger partial charge in [0.15, 0.2) is 0 Å². The first-order valence-corrected chi connectivity index (χ1v) is 17.3. The van der Waals surface area contributed by atoms with Gasteiger partial charge in [-0.15, -0.1) is 6.58 Å². The Hall–Kier alpha value is -4.28. The molecule has 1 heterocycles. The normalized spacial score (nSPS) is 24.2. The Balaban J connectivity index is 1.60. The standard InChI is InChI=1S/C32H43F2N5O9S/c1-8-17-15-32(17,27(42)38-49(45,46)19-12-13-19)37-25(40)22-14-18(47-28(43)35-23-20(33)10-9-11-21(23)34)16-39(22)26(41)24(30(2,3)4)36-29(44)48-31(5,6)7/h8-11,17-19,22,24H,1,12-16H2,2-7H3,(H,35,43)(H,36,44)(H,37,40)(H,38,42)/t17?,18-,22+,24-,32-/m1/s1. The van der Waals surface area contributed by atoms with Crippen LogP contribution in [0.15, 0.2) is 30.9 Å². The average Bonchev–Trinajstić information content (AvgIpc) is 3.89. The smallest absolute Gasteiger partial charge is 0.412 e. The molecule has 17 heteroatoms. The van der Waals surface area contributed by atoms with Gasteiger partial charge in [-0.3, -0.25) is 24.4 Å². The Bertz CT molecular complexity index is 1620. The summed E-state index contributed by atoms with van der Waals surface area (Å²) in [7, 11) is -3.97. The molecule has 270 valence electrons. The number of benzene rings is 1. The van der Waals surface area contributed by atoms with Gasteiger partial charge in [-0.1, -0.05) is 32.9 Å². The van der Waals surface area contributed by atoms with Crippen molar-refractivity contribution < 1.29 is 50.6 Å². The number of alkyl carbamates (subject to hydrolysis) is 1. The largest absolute Gasteiger partial charge is 0.444 e. The molecule has 14 nitrogen and oxygen atoms in total. The Morgan fingerprint density at radius 1 is 1.04 bits per heavy atom. The molecule has 4 N–H and O–H groups in total. The molecule has 1 aromatic carbocycles. The minimum Gasteiger partial charge on any atom is -0.444 e. The van der Waals surface area contributed by atoms with E-state index in [4.69, 9.17) is 9.47 Å². The van der Waals surface area contributed by atoms with Gasteiger partial charge in [0.1, 0.15) is 46.6 Å². The highest BCUT2D eigenvalue weighted by atomic mass is 32.2. The maximum Gasteiger partial charge on any atom is 0.412 e. The fourth-order valence-corrected chi connectivity index (χ4v) is 6.90. The molecule has 2 saturated carbocycles. The van der Waals surface area contributed by atoms with Crippen molar-refractivity contribution in [2.24, 2.45) is 11.3 Å². The Kier molecular flexibility index (Phi) is 10.4. The molecule has 0 radical (unpaired) electrons. The Morgan fingerprint density at radius 3 is 2.16 bits per heavy atom. The molecule has 3 fully saturated rings. The fourth-order valence-electron chi connectivity index (χ4n) is 5.53. The van der Waals surface area contributed by atoms with Crippen LogP contribution in [0.1, 0.15) is 67.2 Å². The SMILES string of the molecule is C=CC1C[C@]1(NC(=O)[C@@H]1C[C@@H](OC(=O)Nc2c(F)cccc2F)CN1C(=O)[C@@H](NC(=O)OC(C)(C)C)C(C)(C)C)C(=O)NS(=O)(=O)C1CC1. The van der Waals surface area contributed by atoms with E-state index >= 15 is 0 Å². The van der Waals surface area contributed by atoms with Crippen LogP contribution in [0.25, 0.3) is 0 Å². The van der Waals surface area contributed by atoms with Crippen molar-refractivity contribution in [2.75, 3.05) is 11.9 Å². The summed E-state index contributed by atoms with van der Waals surface area (Å²) >= 11 is 0. The van der Waals surface area contributed by atoms with Gasteiger partial charge >= 0.3 is 12.2 Å². The van der Waals surface area contributed by atoms with Crippen LogP contribution in [-0.4, -0.2) is 84.3 Å². The molecule has 0 aromatic heterocycles. The van der Waals surface area contributed by atoms with Gasteiger partial charge in [-0.05, 0) is 57.6 Å². The van der Waals surface area contributed by atoms with Crippen LogP contribution >= 0.6 is 0 Å². The number of amides is 5. The summed E-state index contributed by atoms with van der Waals surface area (Å²) in [4.78, 5) is 68.0. The van der Waals surface area contributed by atoms with E-state index in [2.05, 4.69) is 21.9 Å². The third-order valence-electron chi connectivity index (χ3n) is 8.33. The van der Waals surface area contributed by atoms with Crippen LogP contribution in [0.2, 0.25) is 0 Å². The number of nitrogens with one attached hydrogen (secondary N) is 4. The van der Waals surface area contributed by atoms with E-state index in [-0.39, 0.29) is 19.4 Å². The zero-order chi connectivity index (χ0) is 36.7. The van der Waals surface area contributed by atoms with Crippen molar-refractivity contribution in [3.05, 3.63) is 42.5 Å². The van der Waals surface area contributed by atoms with Crippen LogP contribution in [0.3, 0.4) is 0 Å². The number of hydrogen-bond donors (Lipinski definition) is 4. The lowest BCUT2D eigenvalue weighted by atomic mass is 9.85. The number of nitrogens with zero attached hydrogens (tertiary/aromatic N) is 1. The van der Waals surface area contributed by atoms with Crippen LogP contribution < -0.4 is 20.7 Å². The minimum absolute atomic E-state index is 0.0380. The molecule has 49 heavy (non-hydrogen) atoms. The molecule has 5 amide bonds. The maximum atomic E-state index is 14.2. The first-order valence-electron chi connectivity index (χ1n) is 15.8. The van der Waals surface area contributed by atoms with Gasteiger partial charge in [0, 0.05) is 12.3 Å². The molecule has 5 atom stereocenters. The summed E-state index contributed by atoms with van der Waals surface area (Å²) in [6, 6.07) is 0.301. The quantitative estimate of drug-likeness (QED) is 0.265. The molecule has 1 saturated heterocycles. The summed E-state index contributed by atoms with van der Waals surface area (Å²) in [5.74, 6) is -5.32. The Labute approximate surface area is 283 Å². The molecule has 0 spiro atoms. The highest BCUT2D eigenvalue weighted by Crippen LogP contribution is 2.45. The topological polar surface area (TPSA) is 189 Å². The molecular formula is C32H43F2N5O9S. The molecule has 1 unspecified atom stereocenters. The van der Waals surface area contributed by atoms with E-state index in [1.54, 1.807) is 41.5 Å². The van der Waals surface area contributed by atoms with Crippen molar-refractivity contribution >= 4 is 45.6 Å². The predicted octanol–water partition coefficient (Wildman–Crippen LogP) is 3.09. The van der Waals surface area contributed by atoms with Crippen LogP contribution in [0.4, 0.5) is 24.1 Å². The summed E-state index contributed by atoms with van der Waals surface area (Å²) in [5, 5.41) is 6.45. The van der Waals surface area contributed by atoms with Gasteiger partial charge in [-0.2, -0.15) is 0 Å². The van der Waals surface area contributed by atoms with E-state index in [9.17, 15) is 41.2 Å². The minimum atomic E-state index is -3.97. The monoisotopic (exact) mass is 711 g/mol. The second kappa shape index (κ2) is 13.6. The summed E-state index contributed by atoms with van der Waals surface area (Å²) in [6.45, 7) is 13.2. The first-order chi connectivity index (χ1) is 22.6. The van der Waals surface area contributed by atoms with Gasteiger partial charge in [0.2, 0.25) is 21.8 Å². The Morgan fingerprint density at radius 2 is 1.65 bits per heavy atom.